The smallest absolute Gasteiger partial charge is 0.387 e. The maximum absolute atomic E-state index is 12.8. The lowest BCUT2D eigenvalue weighted by Crippen LogP contribution is -2.15. The van der Waals surface area contributed by atoms with Crippen molar-refractivity contribution in [3.05, 3.63) is 70.5 Å². The van der Waals surface area contributed by atoms with Crippen molar-refractivity contribution < 1.29 is 18.3 Å². The van der Waals surface area contributed by atoms with E-state index in [2.05, 4.69) is 25.3 Å². The highest BCUT2D eigenvalue weighted by Gasteiger charge is 2.18. The molecule has 0 saturated heterocycles. The number of alkyl halides is 2. The van der Waals surface area contributed by atoms with Crippen LogP contribution in [0.3, 0.4) is 0 Å². The van der Waals surface area contributed by atoms with Crippen molar-refractivity contribution in [3.63, 3.8) is 0 Å². The molecule has 1 N–H and O–H groups in total. The molecular weight excluding hydrogens is 468 g/mol. The van der Waals surface area contributed by atoms with E-state index < -0.39 is 12.5 Å². The molecule has 2 aromatic heterocycles. The Morgan fingerprint density at radius 2 is 1.91 bits per heavy atom. The summed E-state index contributed by atoms with van der Waals surface area (Å²) in [4.78, 5) is 18.3. The molecule has 2 aromatic carbocycles. The Balaban J connectivity index is 1.47. The van der Waals surface area contributed by atoms with Gasteiger partial charge in [0.05, 0.1) is 11.4 Å². The van der Waals surface area contributed by atoms with Crippen LogP contribution in [-0.4, -0.2) is 32.5 Å². The van der Waals surface area contributed by atoms with Crippen LogP contribution < -0.4 is 10.1 Å². The summed E-state index contributed by atoms with van der Waals surface area (Å²) in [7, 11) is 0. The molecule has 0 aliphatic heterocycles. The molecule has 0 fully saturated rings. The summed E-state index contributed by atoms with van der Waals surface area (Å²) in [5, 5.41) is 12.9. The highest BCUT2D eigenvalue weighted by atomic mass is 32.2. The monoisotopic (exact) mass is 487 g/mol. The normalized spacial score (nSPS) is 11.1. The van der Waals surface area contributed by atoms with Crippen molar-refractivity contribution >= 4 is 34.7 Å². The van der Waals surface area contributed by atoms with Crippen LogP contribution >= 0.6 is 23.1 Å². The van der Waals surface area contributed by atoms with Gasteiger partial charge < -0.3 is 10.1 Å². The first-order valence-corrected chi connectivity index (χ1v) is 11.5. The van der Waals surface area contributed by atoms with Crippen LogP contribution in [0, 0.1) is 20.8 Å². The molecule has 4 aromatic rings. The van der Waals surface area contributed by atoms with Crippen LogP contribution in [0.15, 0.2) is 57.1 Å². The zero-order chi connectivity index (χ0) is 23.5. The van der Waals surface area contributed by atoms with E-state index in [0.29, 0.717) is 17.1 Å². The molecule has 7 nitrogen and oxygen atoms in total. The second-order valence-corrected chi connectivity index (χ2v) is 9.27. The highest BCUT2D eigenvalue weighted by Crippen LogP contribution is 2.32. The summed E-state index contributed by atoms with van der Waals surface area (Å²) in [5.74, 6) is -0.359. The van der Waals surface area contributed by atoms with E-state index in [9.17, 15) is 13.6 Å². The summed E-state index contributed by atoms with van der Waals surface area (Å²) in [6.07, 6.45) is 0. The quantitative estimate of drug-likeness (QED) is 0.363. The summed E-state index contributed by atoms with van der Waals surface area (Å²) < 4.78 is 31.4. The number of nitrogens with one attached hydrogen (secondary N) is 1. The molecule has 0 unspecified atom stereocenters. The lowest BCUT2D eigenvalue weighted by molar-refractivity contribution is -0.0498. The number of nitrogens with zero attached hydrogens (tertiary/aromatic N) is 4. The molecule has 0 aliphatic carbocycles. The van der Waals surface area contributed by atoms with Gasteiger partial charge in [-0.15, -0.1) is 16.4 Å². The third-order valence-electron chi connectivity index (χ3n) is 4.67. The number of amides is 1. The maximum atomic E-state index is 12.8. The fourth-order valence-electron chi connectivity index (χ4n) is 3.05. The van der Waals surface area contributed by atoms with Gasteiger partial charge in [0, 0.05) is 21.7 Å². The Hall–Kier alpha value is -3.31. The van der Waals surface area contributed by atoms with Crippen LogP contribution in [-0.2, 0) is 0 Å². The van der Waals surface area contributed by atoms with Gasteiger partial charge in [-0.05, 0) is 68.8 Å². The Labute approximate surface area is 196 Å². The van der Waals surface area contributed by atoms with Crippen LogP contribution in [0.5, 0.6) is 5.75 Å². The van der Waals surface area contributed by atoms with Crippen LogP contribution in [0.1, 0.15) is 27.4 Å². The second kappa shape index (κ2) is 9.67. The molecule has 33 heavy (non-hydrogen) atoms. The number of aromatic nitrogens is 4. The van der Waals surface area contributed by atoms with E-state index in [1.54, 1.807) is 42.2 Å². The van der Waals surface area contributed by atoms with Crippen LogP contribution in [0.2, 0.25) is 0 Å². The second-order valence-electron chi connectivity index (χ2n) is 7.10. The number of hydrogen-bond donors (Lipinski definition) is 1. The molecular formula is C22H19F2N5O2S2. The minimum atomic E-state index is -2.90. The largest absolute Gasteiger partial charge is 0.435 e. The van der Waals surface area contributed by atoms with Gasteiger partial charge in [-0.25, -0.2) is 9.67 Å². The summed E-state index contributed by atoms with van der Waals surface area (Å²) in [5.41, 5.74) is 3.81. The number of carbonyl (C=O) groups is 1. The molecule has 0 saturated carbocycles. The van der Waals surface area contributed by atoms with Gasteiger partial charge in [-0.3, -0.25) is 4.79 Å². The van der Waals surface area contributed by atoms with E-state index in [1.807, 2.05) is 37.4 Å². The molecule has 4 rings (SSSR count). The number of thiazole rings is 1. The predicted octanol–water partition coefficient (Wildman–Crippen LogP) is 5.65. The first kappa shape index (κ1) is 22.9. The van der Waals surface area contributed by atoms with Crippen molar-refractivity contribution in [1.29, 1.82) is 0 Å². The standard InChI is InChI=1S/C22H19F2N5O2S2/c1-12-10-17(33-22-25-13(2)11-32-22)8-9-18(12)26-20(30)19-14(3)29(28-27-19)15-4-6-16(7-5-15)31-21(23)24/h4-11,21H,1-3H3,(H,26,30). The molecule has 170 valence electrons. The molecule has 0 aliphatic rings. The van der Waals surface area contributed by atoms with Gasteiger partial charge in [-0.1, -0.05) is 17.0 Å². The molecule has 2 heterocycles. The minimum absolute atomic E-state index is 0.0339. The van der Waals surface area contributed by atoms with Gasteiger partial charge >= 0.3 is 6.61 Å². The first-order chi connectivity index (χ1) is 15.8. The minimum Gasteiger partial charge on any atom is -0.435 e. The Kier molecular flexibility index (Phi) is 6.70. The van der Waals surface area contributed by atoms with E-state index >= 15 is 0 Å². The first-order valence-electron chi connectivity index (χ1n) is 9.79. The average Bonchev–Trinajstić information content (AvgIpc) is 3.35. The predicted molar refractivity (Wildman–Crippen MR) is 123 cm³/mol. The van der Waals surface area contributed by atoms with Crippen molar-refractivity contribution in [2.24, 2.45) is 0 Å². The lowest BCUT2D eigenvalue weighted by Gasteiger charge is -2.09. The highest BCUT2D eigenvalue weighted by molar-refractivity contribution is 8.01. The number of aryl methyl sites for hydroxylation is 2. The Morgan fingerprint density at radius 1 is 1.15 bits per heavy atom. The third kappa shape index (κ3) is 5.37. The average molecular weight is 488 g/mol. The van der Waals surface area contributed by atoms with E-state index in [-0.39, 0.29) is 11.4 Å². The summed E-state index contributed by atoms with van der Waals surface area (Å²) in [6, 6.07) is 11.7. The molecule has 11 heteroatoms. The fourth-order valence-corrected chi connectivity index (χ4v) is 4.96. The zero-order valence-electron chi connectivity index (χ0n) is 17.9. The Bertz CT molecular complexity index is 1290. The van der Waals surface area contributed by atoms with Gasteiger partial charge in [0.1, 0.15) is 5.75 Å². The number of rotatable bonds is 7. The van der Waals surface area contributed by atoms with Gasteiger partial charge in [0.2, 0.25) is 0 Å². The van der Waals surface area contributed by atoms with Crippen molar-refractivity contribution in [2.75, 3.05) is 5.32 Å². The molecule has 1 amide bonds. The van der Waals surface area contributed by atoms with Gasteiger partial charge in [0.25, 0.3) is 5.91 Å². The summed E-state index contributed by atoms with van der Waals surface area (Å²) >= 11 is 3.16. The van der Waals surface area contributed by atoms with E-state index in [4.69, 9.17) is 0 Å². The number of ether oxygens (including phenoxy) is 1. The zero-order valence-corrected chi connectivity index (χ0v) is 19.5. The maximum Gasteiger partial charge on any atom is 0.387 e. The topological polar surface area (TPSA) is 81.9 Å². The number of carbonyl (C=O) groups excluding carboxylic acids is 1. The van der Waals surface area contributed by atoms with E-state index in [0.717, 1.165) is 20.5 Å². The third-order valence-corrected chi connectivity index (χ3v) is 6.71. The number of hydrogen-bond acceptors (Lipinski definition) is 7. The van der Waals surface area contributed by atoms with Crippen molar-refractivity contribution in [1.82, 2.24) is 20.0 Å². The Morgan fingerprint density at radius 3 is 2.55 bits per heavy atom. The summed E-state index contributed by atoms with van der Waals surface area (Å²) in [6.45, 7) is 2.69. The fraction of sp³-hybridized carbons (Fsp3) is 0.182. The van der Waals surface area contributed by atoms with Crippen LogP contribution in [0.25, 0.3) is 5.69 Å². The molecule has 0 radical (unpaired) electrons. The van der Waals surface area contributed by atoms with Crippen molar-refractivity contribution in [3.8, 4) is 11.4 Å². The SMILES string of the molecule is Cc1csc(Sc2ccc(NC(=O)c3nnn(-c4ccc(OC(F)F)cc4)c3C)c(C)c2)n1. The molecule has 0 atom stereocenters. The van der Waals surface area contributed by atoms with Gasteiger partial charge in [-0.2, -0.15) is 8.78 Å². The number of halogens is 2. The number of anilines is 1. The van der Waals surface area contributed by atoms with Crippen LogP contribution in [0.4, 0.5) is 14.5 Å². The molecule has 0 bridgehead atoms. The van der Waals surface area contributed by atoms with E-state index in [1.165, 1.54) is 16.8 Å². The lowest BCUT2D eigenvalue weighted by atomic mass is 10.2. The van der Waals surface area contributed by atoms with Crippen molar-refractivity contribution in [2.45, 2.75) is 36.6 Å². The number of benzene rings is 2. The molecule has 0 spiro atoms. The van der Waals surface area contributed by atoms with Gasteiger partial charge in [0.15, 0.2) is 10.0 Å².